The Balaban J connectivity index is 2.38. The fourth-order valence-electron chi connectivity index (χ4n) is 4.18. The fourth-order valence-corrected chi connectivity index (χ4v) is 27.4. The normalized spacial score (nSPS) is 13.2. The van der Waals surface area contributed by atoms with Crippen molar-refractivity contribution in [2.24, 2.45) is 0 Å². The Morgan fingerprint density at radius 3 is 1.28 bits per heavy atom. The standard InChI is InChI=1S/C6H14O3P.3C6H5.Sn/c1-4-8-10(7,6-3)9-5-2;3*1-2-4-6-5-3-1;/h6H,4-5H2,1-3H3;3*1-5H;. The third kappa shape index (κ3) is 4.39. The van der Waals surface area contributed by atoms with E-state index in [2.05, 4.69) is 79.7 Å². The Bertz CT molecular complexity index is 825. The molecule has 152 valence electrons. The van der Waals surface area contributed by atoms with E-state index in [9.17, 15) is 4.57 Å². The molecule has 0 aliphatic heterocycles. The zero-order chi connectivity index (χ0) is 20.7. The molecule has 0 spiro atoms. The van der Waals surface area contributed by atoms with Crippen LogP contribution in [0, 0.1) is 0 Å². The summed E-state index contributed by atoms with van der Waals surface area (Å²) in [6.45, 7) is 6.56. The first-order chi connectivity index (χ1) is 14.1. The zero-order valence-corrected chi connectivity index (χ0v) is 21.1. The summed E-state index contributed by atoms with van der Waals surface area (Å²) < 4.78 is 29.4. The van der Waals surface area contributed by atoms with Crippen LogP contribution in [-0.2, 0) is 13.6 Å². The average Bonchev–Trinajstić information content (AvgIpc) is 2.77. The molecular weight excluding hydrogens is 486 g/mol. The van der Waals surface area contributed by atoms with Crippen LogP contribution in [0.3, 0.4) is 0 Å². The molecule has 0 aliphatic rings. The molecule has 0 bridgehead atoms. The Morgan fingerprint density at radius 2 is 1.00 bits per heavy atom. The van der Waals surface area contributed by atoms with Crippen LogP contribution in [0.25, 0.3) is 0 Å². The molecule has 0 amide bonds. The Hall–Kier alpha value is -1.39. The molecule has 0 radical (unpaired) electrons. The fraction of sp³-hybridized carbons (Fsp3) is 0.250. The molecule has 0 heterocycles. The van der Waals surface area contributed by atoms with E-state index in [0.717, 1.165) is 0 Å². The van der Waals surface area contributed by atoms with Crippen molar-refractivity contribution >= 4 is 36.7 Å². The van der Waals surface area contributed by atoms with Crippen LogP contribution in [0.4, 0.5) is 0 Å². The summed E-state index contributed by atoms with van der Waals surface area (Å²) in [5, 5.41) is 0. The molecule has 0 saturated heterocycles. The van der Waals surface area contributed by atoms with Gasteiger partial charge < -0.3 is 0 Å². The molecule has 0 saturated carbocycles. The quantitative estimate of drug-likeness (QED) is 0.314. The second kappa shape index (κ2) is 10.1. The van der Waals surface area contributed by atoms with E-state index in [1.165, 1.54) is 10.7 Å². The van der Waals surface area contributed by atoms with Crippen molar-refractivity contribution in [3.05, 3.63) is 91.0 Å². The summed E-state index contributed by atoms with van der Waals surface area (Å²) in [4.78, 5) is 0. The molecule has 5 heteroatoms. The van der Waals surface area contributed by atoms with E-state index in [0.29, 0.717) is 13.2 Å². The molecule has 0 N–H and O–H groups in total. The molecular formula is C24H29O3PSn. The molecule has 0 aromatic heterocycles. The van der Waals surface area contributed by atoms with Gasteiger partial charge >= 0.3 is 179 Å². The first-order valence-corrected chi connectivity index (χ1v) is 17.7. The minimum atomic E-state index is -3.80. The van der Waals surface area contributed by atoms with Gasteiger partial charge in [-0.25, -0.2) is 0 Å². The van der Waals surface area contributed by atoms with Gasteiger partial charge in [-0.2, -0.15) is 0 Å². The average molecular weight is 515 g/mol. The van der Waals surface area contributed by atoms with Gasteiger partial charge in [0, 0.05) is 0 Å². The monoisotopic (exact) mass is 516 g/mol. The summed E-state index contributed by atoms with van der Waals surface area (Å²) in [5.41, 5.74) is 0. The van der Waals surface area contributed by atoms with Crippen molar-refractivity contribution in [2.45, 2.75) is 24.4 Å². The van der Waals surface area contributed by atoms with Crippen LogP contribution < -0.4 is 10.7 Å². The van der Waals surface area contributed by atoms with E-state index in [1.807, 2.05) is 32.0 Å². The topological polar surface area (TPSA) is 35.5 Å². The predicted molar refractivity (Wildman–Crippen MR) is 124 cm³/mol. The molecule has 0 aliphatic carbocycles. The number of benzene rings is 3. The van der Waals surface area contributed by atoms with E-state index in [4.69, 9.17) is 9.05 Å². The molecule has 1 unspecified atom stereocenters. The molecule has 3 aromatic rings. The number of hydrogen-bond acceptors (Lipinski definition) is 3. The SMILES string of the molecule is CCOP(=O)(OCC)[CH](C)[Sn]([c]1ccccc1)([c]1ccccc1)[c]1ccccc1. The number of hydrogen-bond donors (Lipinski definition) is 0. The van der Waals surface area contributed by atoms with Gasteiger partial charge in [-0.05, 0) is 0 Å². The van der Waals surface area contributed by atoms with Gasteiger partial charge in [0.2, 0.25) is 0 Å². The van der Waals surface area contributed by atoms with Gasteiger partial charge in [-0.15, -0.1) is 0 Å². The minimum absolute atomic E-state index is 0.233. The van der Waals surface area contributed by atoms with Crippen LogP contribution >= 0.6 is 7.60 Å². The van der Waals surface area contributed by atoms with Crippen molar-refractivity contribution < 1.29 is 13.6 Å². The van der Waals surface area contributed by atoms with Gasteiger partial charge in [0.15, 0.2) is 0 Å². The first kappa shape index (κ1) is 22.3. The number of rotatable bonds is 9. The molecule has 3 aromatic carbocycles. The Labute approximate surface area is 178 Å². The molecule has 1 atom stereocenters. The Kier molecular flexibility index (Phi) is 7.75. The summed E-state index contributed by atoms with van der Waals surface area (Å²) in [7, 11) is -3.33. The molecule has 3 rings (SSSR count). The maximum atomic E-state index is 14.1. The van der Waals surface area contributed by atoms with Gasteiger partial charge in [0.25, 0.3) is 0 Å². The van der Waals surface area contributed by atoms with Gasteiger partial charge in [0.1, 0.15) is 0 Å². The van der Waals surface area contributed by atoms with E-state index < -0.39 is 26.0 Å². The summed E-state index contributed by atoms with van der Waals surface area (Å²) >= 11 is -3.80. The molecule has 29 heavy (non-hydrogen) atoms. The summed E-state index contributed by atoms with van der Waals surface area (Å²) in [6.07, 6.45) is 0. The molecule has 3 nitrogen and oxygen atoms in total. The predicted octanol–water partition coefficient (Wildman–Crippen LogP) is 4.35. The Morgan fingerprint density at radius 1 is 0.690 bits per heavy atom. The van der Waals surface area contributed by atoms with Crippen molar-refractivity contribution in [2.75, 3.05) is 13.2 Å². The van der Waals surface area contributed by atoms with Crippen molar-refractivity contribution in [3.63, 3.8) is 0 Å². The summed E-state index contributed by atoms with van der Waals surface area (Å²) in [6, 6.07) is 31.7. The second-order valence-electron chi connectivity index (χ2n) is 6.96. The van der Waals surface area contributed by atoms with Crippen molar-refractivity contribution in [1.82, 2.24) is 0 Å². The molecule has 0 fully saturated rings. The van der Waals surface area contributed by atoms with Crippen LogP contribution in [0.1, 0.15) is 20.8 Å². The second-order valence-corrected chi connectivity index (χ2v) is 22.7. The zero-order valence-electron chi connectivity index (χ0n) is 17.3. The van der Waals surface area contributed by atoms with Crippen LogP contribution in [-0.4, -0.2) is 35.3 Å². The van der Waals surface area contributed by atoms with Gasteiger partial charge in [0.05, 0.1) is 0 Å². The van der Waals surface area contributed by atoms with Crippen LogP contribution in [0.2, 0.25) is 0 Å². The third-order valence-corrected chi connectivity index (χ3v) is 27.1. The first-order valence-electron chi connectivity index (χ1n) is 10.1. The van der Waals surface area contributed by atoms with Crippen LogP contribution in [0.15, 0.2) is 91.0 Å². The van der Waals surface area contributed by atoms with E-state index >= 15 is 0 Å². The van der Waals surface area contributed by atoms with Crippen LogP contribution in [0.5, 0.6) is 0 Å². The van der Waals surface area contributed by atoms with Crippen molar-refractivity contribution in [1.29, 1.82) is 0 Å². The van der Waals surface area contributed by atoms with Gasteiger partial charge in [-0.1, -0.05) is 0 Å². The summed E-state index contributed by atoms with van der Waals surface area (Å²) in [5.74, 6) is 0. The maximum absolute atomic E-state index is 14.1. The van der Waals surface area contributed by atoms with E-state index in [-0.39, 0.29) is 3.67 Å². The van der Waals surface area contributed by atoms with E-state index in [1.54, 1.807) is 0 Å². The third-order valence-electron chi connectivity index (χ3n) is 5.41. The van der Waals surface area contributed by atoms with Crippen molar-refractivity contribution in [3.8, 4) is 0 Å². The van der Waals surface area contributed by atoms with Gasteiger partial charge in [-0.3, -0.25) is 0 Å².